The fraction of sp³-hybridized carbons (Fsp3) is 0.474. The molecule has 1 amide bonds. The normalized spacial score (nSPS) is 20.1. The third kappa shape index (κ3) is 2.90. The second-order valence-electron chi connectivity index (χ2n) is 6.66. The van der Waals surface area contributed by atoms with Crippen molar-refractivity contribution in [1.29, 1.82) is 0 Å². The van der Waals surface area contributed by atoms with Crippen LogP contribution in [0.5, 0.6) is 0 Å². The molecule has 4 heteroatoms. The van der Waals surface area contributed by atoms with Crippen molar-refractivity contribution in [2.24, 2.45) is 5.92 Å². The van der Waals surface area contributed by atoms with Crippen LogP contribution in [0.15, 0.2) is 36.1 Å². The molecule has 1 atom stereocenters. The molecule has 1 aromatic carbocycles. The molecule has 0 N–H and O–H groups in total. The second kappa shape index (κ2) is 6.57. The van der Waals surface area contributed by atoms with Gasteiger partial charge < -0.3 is 9.64 Å². The van der Waals surface area contributed by atoms with E-state index in [2.05, 4.69) is 13.8 Å². The summed E-state index contributed by atoms with van der Waals surface area (Å²) >= 11 is 0. The maximum atomic E-state index is 13.2. The summed E-state index contributed by atoms with van der Waals surface area (Å²) in [5.41, 5.74) is 0.420. The first kappa shape index (κ1) is 17.3. The average molecular weight is 315 g/mol. The number of hydrogen-bond donors (Lipinski definition) is 0. The molecular formula is C19H25NO3. The number of allylic oxidation sites excluding steroid dienone is 1. The smallest absolute Gasteiger partial charge is 0.240 e. The Morgan fingerprint density at radius 1 is 1.26 bits per heavy atom. The Hall–Kier alpha value is -2.10. The van der Waals surface area contributed by atoms with Gasteiger partial charge in [0.15, 0.2) is 5.78 Å². The third-order valence-corrected chi connectivity index (χ3v) is 4.42. The van der Waals surface area contributed by atoms with Crippen molar-refractivity contribution < 1.29 is 14.3 Å². The lowest BCUT2D eigenvalue weighted by Crippen LogP contribution is -2.48. The molecule has 1 aromatic rings. The highest BCUT2D eigenvalue weighted by molar-refractivity contribution is 6.11. The summed E-state index contributed by atoms with van der Waals surface area (Å²) in [5, 5.41) is 0. The monoisotopic (exact) mass is 315 g/mol. The molecule has 0 fully saturated rings. The maximum absolute atomic E-state index is 13.2. The fourth-order valence-electron chi connectivity index (χ4n) is 3.23. The minimum absolute atomic E-state index is 0.0498. The zero-order valence-electron chi connectivity index (χ0n) is 14.6. The van der Waals surface area contributed by atoms with Crippen LogP contribution in [0.25, 0.3) is 0 Å². The molecule has 0 bridgehead atoms. The van der Waals surface area contributed by atoms with Gasteiger partial charge in [0.2, 0.25) is 5.91 Å². The van der Waals surface area contributed by atoms with Crippen molar-refractivity contribution in [3.63, 3.8) is 0 Å². The number of benzene rings is 1. The van der Waals surface area contributed by atoms with Gasteiger partial charge in [-0.15, -0.1) is 0 Å². The van der Waals surface area contributed by atoms with Crippen molar-refractivity contribution in [3.05, 3.63) is 47.2 Å². The van der Waals surface area contributed by atoms with Crippen LogP contribution >= 0.6 is 0 Å². The van der Waals surface area contributed by atoms with Crippen molar-refractivity contribution in [3.8, 4) is 0 Å². The highest BCUT2D eigenvalue weighted by Crippen LogP contribution is 2.44. The topological polar surface area (TPSA) is 46.6 Å². The quantitative estimate of drug-likeness (QED) is 0.838. The largest absolute Gasteiger partial charge is 0.499 e. The van der Waals surface area contributed by atoms with Crippen molar-refractivity contribution in [1.82, 2.24) is 4.90 Å². The van der Waals surface area contributed by atoms with Crippen LogP contribution < -0.4 is 0 Å². The molecule has 0 radical (unpaired) electrons. The Labute approximate surface area is 138 Å². The molecule has 23 heavy (non-hydrogen) atoms. The van der Waals surface area contributed by atoms with Gasteiger partial charge in [-0.1, -0.05) is 38.1 Å². The predicted octanol–water partition coefficient (Wildman–Crippen LogP) is 3.18. The van der Waals surface area contributed by atoms with Crippen LogP contribution in [0.1, 0.15) is 42.6 Å². The summed E-state index contributed by atoms with van der Waals surface area (Å²) in [4.78, 5) is 27.1. The van der Waals surface area contributed by atoms with Gasteiger partial charge in [0, 0.05) is 25.7 Å². The minimum Gasteiger partial charge on any atom is -0.499 e. The van der Waals surface area contributed by atoms with Gasteiger partial charge in [-0.25, -0.2) is 0 Å². The number of amides is 1. The van der Waals surface area contributed by atoms with Crippen LogP contribution in [0.3, 0.4) is 0 Å². The van der Waals surface area contributed by atoms with E-state index in [1.165, 1.54) is 13.2 Å². The first-order chi connectivity index (χ1) is 10.8. The van der Waals surface area contributed by atoms with Gasteiger partial charge in [-0.2, -0.15) is 0 Å². The standard InChI is InChI=1S/C19H25NO3/c1-13(2)10-11-19(18(22)20(3)4)15-9-7-6-8-14(15)16(21)12-17(19)23-5/h6-9,12-13H,10-11H2,1-5H3. The number of hydrogen-bond acceptors (Lipinski definition) is 3. The number of fused-ring (bicyclic) bond motifs is 1. The summed E-state index contributed by atoms with van der Waals surface area (Å²) in [6.45, 7) is 4.26. The number of methoxy groups -OCH3 is 1. The first-order valence-corrected chi connectivity index (χ1v) is 7.96. The molecule has 1 aliphatic rings. The Balaban J connectivity index is 2.71. The predicted molar refractivity (Wildman–Crippen MR) is 90.3 cm³/mol. The number of carbonyl (C=O) groups is 2. The summed E-state index contributed by atoms with van der Waals surface area (Å²) in [6.07, 6.45) is 2.96. The van der Waals surface area contributed by atoms with Crippen molar-refractivity contribution in [2.45, 2.75) is 32.1 Å². The summed E-state index contributed by atoms with van der Waals surface area (Å²) in [6, 6.07) is 7.36. The Kier molecular flexibility index (Phi) is 4.93. The van der Waals surface area contributed by atoms with E-state index in [1.807, 2.05) is 18.2 Å². The van der Waals surface area contributed by atoms with Gasteiger partial charge in [0.05, 0.1) is 7.11 Å². The Morgan fingerprint density at radius 2 is 1.91 bits per heavy atom. The van der Waals surface area contributed by atoms with Gasteiger partial charge in [0.25, 0.3) is 0 Å². The number of nitrogens with zero attached hydrogens (tertiary/aromatic N) is 1. The number of carbonyl (C=O) groups excluding carboxylic acids is 2. The fourth-order valence-corrected chi connectivity index (χ4v) is 3.23. The number of likely N-dealkylation sites (N-methyl/N-ethyl adjacent to an activating group) is 1. The van der Waals surface area contributed by atoms with E-state index in [0.717, 1.165) is 12.0 Å². The van der Waals surface area contributed by atoms with Crippen LogP contribution in [-0.2, 0) is 14.9 Å². The van der Waals surface area contributed by atoms with Gasteiger partial charge in [-0.3, -0.25) is 9.59 Å². The second-order valence-corrected chi connectivity index (χ2v) is 6.66. The molecule has 0 saturated carbocycles. The summed E-state index contributed by atoms with van der Waals surface area (Å²) in [7, 11) is 5.01. The van der Waals surface area contributed by atoms with Crippen LogP contribution in [0.4, 0.5) is 0 Å². The third-order valence-electron chi connectivity index (χ3n) is 4.42. The average Bonchev–Trinajstić information content (AvgIpc) is 2.53. The molecule has 0 heterocycles. The number of ketones is 1. The van der Waals surface area contributed by atoms with E-state index in [4.69, 9.17) is 4.74 Å². The van der Waals surface area contributed by atoms with Crippen LogP contribution in [0, 0.1) is 5.92 Å². The lowest BCUT2D eigenvalue weighted by molar-refractivity contribution is -0.135. The molecule has 1 unspecified atom stereocenters. The van der Waals surface area contributed by atoms with E-state index in [0.29, 0.717) is 23.7 Å². The molecule has 0 spiro atoms. The van der Waals surface area contributed by atoms with E-state index < -0.39 is 5.41 Å². The van der Waals surface area contributed by atoms with Gasteiger partial charge in [-0.05, 0) is 24.3 Å². The molecule has 4 nitrogen and oxygen atoms in total. The zero-order chi connectivity index (χ0) is 17.2. The summed E-state index contributed by atoms with van der Waals surface area (Å²) < 4.78 is 5.53. The Bertz CT molecular complexity index is 646. The zero-order valence-corrected chi connectivity index (χ0v) is 14.6. The highest BCUT2D eigenvalue weighted by Gasteiger charge is 2.49. The van der Waals surface area contributed by atoms with Crippen LogP contribution in [-0.4, -0.2) is 37.8 Å². The van der Waals surface area contributed by atoms with E-state index >= 15 is 0 Å². The molecule has 1 aliphatic carbocycles. The van der Waals surface area contributed by atoms with Crippen molar-refractivity contribution >= 4 is 11.7 Å². The molecule has 2 rings (SSSR count). The van der Waals surface area contributed by atoms with E-state index in [9.17, 15) is 9.59 Å². The number of ether oxygens (including phenoxy) is 1. The highest BCUT2D eigenvalue weighted by atomic mass is 16.5. The molecular weight excluding hydrogens is 290 g/mol. The van der Waals surface area contributed by atoms with E-state index in [1.54, 1.807) is 25.1 Å². The first-order valence-electron chi connectivity index (χ1n) is 7.96. The van der Waals surface area contributed by atoms with Crippen molar-refractivity contribution in [2.75, 3.05) is 21.2 Å². The molecule has 124 valence electrons. The molecule has 0 aliphatic heterocycles. The lowest BCUT2D eigenvalue weighted by atomic mass is 9.67. The maximum Gasteiger partial charge on any atom is 0.240 e. The summed E-state index contributed by atoms with van der Waals surface area (Å²) in [5.74, 6) is 0.737. The SMILES string of the molecule is COC1=CC(=O)c2ccccc2C1(CCC(C)C)C(=O)N(C)C. The van der Waals surface area contributed by atoms with E-state index in [-0.39, 0.29) is 11.7 Å². The Morgan fingerprint density at radius 3 is 2.48 bits per heavy atom. The van der Waals surface area contributed by atoms with Gasteiger partial charge in [0.1, 0.15) is 11.2 Å². The molecule has 0 saturated heterocycles. The van der Waals surface area contributed by atoms with Crippen LogP contribution in [0.2, 0.25) is 0 Å². The molecule has 0 aromatic heterocycles. The van der Waals surface area contributed by atoms with Gasteiger partial charge >= 0.3 is 0 Å². The lowest BCUT2D eigenvalue weighted by Gasteiger charge is -2.39. The minimum atomic E-state index is -0.924. The number of rotatable bonds is 5.